The third kappa shape index (κ3) is 6.64. The average Bonchev–Trinajstić information content (AvgIpc) is 2.61. The first-order chi connectivity index (χ1) is 12.4. The molecule has 0 saturated carbocycles. The molecule has 2 aromatic carbocycles. The molecule has 6 nitrogen and oxygen atoms in total. The van der Waals surface area contributed by atoms with E-state index in [0.717, 1.165) is 0 Å². The number of rotatable bonds is 8. The number of amides is 2. The summed E-state index contributed by atoms with van der Waals surface area (Å²) in [6.45, 7) is 0.222. The highest BCUT2D eigenvalue weighted by molar-refractivity contribution is 6.30. The highest BCUT2D eigenvalue weighted by Crippen LogP contribution is 2.18. The number of halogens is 1. The van der Waals surface area contributed by atoms with Crippen LogP contribution in [0.1, 0.15) is 6.42 Å². The molecule has 0 aliphatic heterocycles. The van der Waals surface area contributed by atoms with Gasteiger partial charge < -0.3 is 19.7 Å². The Morgan fingerprint density at radius 2 is 1.77 bits per heavy atom. The van der Waals surface area contributed by atoms with Crippen molar-refractivity contribution in [2.24, 2.45) is 0 Å². The highest BCUT2D eigenvalue weighted by Gasteiger charge is 2.06. The first-order valence-corrected chi connectivity index (χ1v) is 8.43. The van der Waals surface area contributed by atoms with Gasteiger partial charge in [0, 0.05) is 24.8 Å². The summed E-state index contributed by atoms with van der Waals surface area (Å²) in [5, 5.41) is 3.36. The number of anilines is 1. The monoisotopic (exact) mass is 376 g/mol. The number of nitrogens with zero attached hydrogens (tertiary/aromatic N) is 1. The van der Waals surface area contributed by atoms with Crippen molar-refractivity contribution in [3.8, 4) is 11.5 Å². The van der Waals surface area contributed by atoms with Crippen LogP contribution in [0.5, 0.6) is 11.5 Å². The molecule has 1 N–H and O–H groups in total. The van der Waals surface area contributed by atoms with Crippen LogP contribution in [0.4, 0.5) is 5.69 Å². The van der Waals surface area contributed by atoms with E-state index in [2.05, 4.69) is 5.32 Å². The topological polar surface area (TPSA) is 67.9 Å². The minimum Gasteiger partial charge on any atom is -0.493 e. The van der Waals surface area contributed by atoms with Gasteiger partial charge in [-0.05, 0) is 42.5 Å². The molecular formula is C19H21ClN2O4. The summed E-state index contributed by atoms with van der Waals surface area (Å²) in [7, 11) is 3.33. The molecule has 26 heavy (non-hydrogen) atoms. The Hall–Kier alpha value is -2.73. The molecule has 0 saturated heterocycles. The van der Waals surface area contributed by atoms with Crippen molar-refractivity contribution in [1.82, 2.24) is 4.90 Å². The van der Waals surface area contributed by atoms with Crippen LogP contribution in [0.25, 0.3) is 0 Å². The lowest BCUT2D eigenvalue weighted by atomic mass is 10.3. The van der Waals surface area contributed by atoms with Crippen LogP contribution < -0.4 is 14.8 Å². The van der Waals surface area contributed by atoms with E-state index in [1.807, 2.05) is 0 Å². The summed E-state index contributed by atoms with van der Waals surface area (Å²) in [5.74, 6) is 0.895. The summed E-state index contributed by atoms with van der Waals surface area (Å²) >= 11 is 5.87. The molecule has 0 aliphatic carbocycles. The molecule has 0 spiro atoms. The van der Waals surface area contributed by atoms with Crippen LogP contribution in [-0.2, 0) is 9.59 Å². The van der Waals surface area contributed by atoms with Gasteiger partial charge in [-0.3, -0.25) is 9.59 Å². The minimum absolute atomic E-state index is 0.0282. The number of nitrogens with one attached hydrogen (secondary N) is 1. The molecule has 2 aromatic rings. The summed E-state index contributed by atoms with van der Waals surface area (Å²) in [6.07, 6.45) is 0.210. The standard InChI is InChI=1S/C19H21ClN2O4/c1-22(2)19(24)13-26-16-8-6-15(7-9-16)21-18(23)10-11-25-17-5-3-4-14(20)12-17/h3-9,12H,10-11,13H2,1-2H3,(H,21,23). The van der Waals surface area contributed by atoms with Crippen LogP contribution >= 0.6 is 11.6 Å². The predicted octanol–water partition coefficient (Wildman–Crippen LogP) is 3.21. The lowest BCUT2D eigenvalue weighted by Gasteiger charge is -2.12. The van der Waals surface area contributed by atoms with E-state index in [1.54, 1.807) is 62.6 Å². The van der Waals surface area contributed by atoms with Crippen molar-refractivity contribution in [3.05, 3.63) is 53.6 Å². The lowest BCUT2D eigenvalue weighted by molar-refractivity contribution is -0.130. The quantitative estimate of drug-likeness (QED) is 0.768. The van der Waals surface area contributed by atoms with Gasteiger partial charge in [0.2, 0.25) is 5.91 Å². The maximum absolute atomic E-state index is 11.9. The number of likely N-dealkylation sites (N-methyl/N-ethyl adjacent to an activating group) is 1. The van der Waals surface area contributed by atoms with Crippen LogP contribution in [-0.4, -0.2) is 44.0 Å². The summed E-state index contributed by atoms with van der Waals surface area (Å²) < 4.78 is 10.9. The molecular weight excluding hydrogens is 356 g/mol. The van der Waals surface area contributed by atoms with E-state index in [-0.39, 0.29) is 31.4 Å². The third-order valence-corrected chi connectivity index (χ3v) is 3.63. The highest BCUT2D eigenvalue weighted by atomic mass is 35.5. The van der Waals surface area contributed by atoms with Crippen LogP contribution in [0.3, 0.4) is 0 Å². The maximum Gasteiger partial charge on any atom is 0.259 e. The van der Waals surface area contributed by atoms with Gasteiger partial charge in [-0.15, -0.1) is 0 Å². The number of hydrogen-bond acceptors (Lipinski definition) is 4. The van der Waals surface area contributed by atoms with Crippen molar-refractivity contribution < 1.29 is 19.1 Å². The molecule has 0 aromatic heterocycles. The van der Waals surface area contributed by atoms with E-state index >= 15 is 0 Å². The zero-order valence-electron chi connectivity index (χ0n) is 14.7. The van der Waals surface area contributed by atoms with Gasteiger partial charge in [0.15, 0.2) is 6.61 Å². The van der Waals surface area contributed by atoms with E-state index in [4.69, 9.17) is 21.1 Å². The normalized spacial score (nSPS) is 10.1. The van der Waals surface area contributed by atoms with Gasteiger partial charge in [0.05, 0.1) is 13.0 Å². The number of carbonyl (C=O) groups excluding carboxylic acids is 2. The molecule has 0 unspecified atom stereocenters. The maximum atomic E-state index is 11.9. The zero-order chi connectivity index (χ0) is 18.9. The third-order valence-electron chi connectivity index (χ3n) is 3.39. The van der Waals surface area contributed by atoms with Crippen molar-refractivity contribution in [3.63, 3.8) is 0 Å². The van der Waals surface area contributed by atoms with Gasteiger partial charge >= 0.3 is 0 Å². The van der Waals surface area contributed by atoms with Gasteiger partial charge in [-0.25, -0.2) is 0 Å². The fraction of sp³-hybridized carbons (Fsp3) is 0.263. The molecule has 2 amide bonds. The van der Waals surface area contributed by atoms with E-state index in [0.29, 0.717) is 22.2 Å². The summed E-state index contributed by atoms with van der Waals surface area (Å²) in [5.41, 5.74) is 0.643. The number of carbonyl (C=O) groups is 2. The van der Waals surface area contributed by atoms with Crippen molar-refractivity contribution in [2.45, 2.75) is 6.42 Å². The fourth-order valence-corrected chi connectivity index (χ4v) is 2.13. The average molecular weight is 377 g/mol. The van der Waals surface area contributed by atoms with Gasteiger partial charge in [0.25, 0.3) is 5.91 Å². The lowest BCUT2D eigenvalue weighted by Crippen LogP contribution is -2.27. The van der Waals surface area contributed by atoms with Crippen LogP contribution in [0, 0.1) is 0 Å². The van der Waals surface area contributed by atoms with Gasteiger partial charge in [-0.1, -0.05) is 17.7 Å². The Kier molecular flexibility index (Phi) is 7.29. The molecule has 0 fully saturated rings. The zero-order valence-corrected chi connectivity index (χ0v) is 15.5. The number of ether oxygens (including phenoxy) is 2. The Morgan fingerprint density at radius 1 is 1.04 bits per heavy atom. The molecule has 2 rings (SSSR count). The molecule has 0 bridgehead atoms. The second-order valence-corrected chi connectivity index (χ2v) is 6.14. The largest absolute Gasteiger partial charge is 0.493 e. The Morgan fingerprint density at radius 3 is 2.42 bits per heavy atom. The number of benzene rings is 2. The van der Waals surface area contributed by atoms with Crippen LogP contribution in [0.15, 0.2) is 48.5 Å². The van der Waals surface area contributed by atoms with Crippen LogP contribution in [0.2, 0.25) is 5.02 Å². The second-order valence-electron chi connectivity index (χ2n) is 5.71. The van der Waals surface area contributed by atoms with Crippen molar-refractivity contribution >= 4 is 29.1 Å². The Bertz CT molecular complexity index is 747. The molecule has 7 heteroatoms. The summed E-state index contributed by atoms with van der Waals surface area (Å²) in [4.78, 5) is 24.9. The van der Waals surface area contributed by atoms with Crippen molar-refractivity contribution in [1.29, 1.82) is 0 Å². The van der Waals surface area contributed by atoms with Gasteiger partial charge in [0.1, 0.15) is 11.5 Å². The molecule has 0 atom stereocenters. The Balaban J connectivity index is 1.74. The van der Waals surface area contributed by atoms with Gasteiger partial charge in [-0.2, -0.15) is 0 Å². The molecule has 138 valence electrons. The molecule has 0 radical (unpaired) electrons. The number of hydrogen-bond donors (Lipinski definition) is 1. The minimum atomic E-state index is -0.163. The molecule has 0 heterocycles. The smallest absolute Gasteiger partial charge is 0.259 e. The Labute approximate surface area is 157 Å². The van der Waals surface area contributed by atoms with E-state index in [1.165, 1.54) is 4.90 Å². The van der Waals surface area contributed by atoms with Crippen molar-refractivity contribution in [2.75, 3.05) is 32.6 Å². The molecule has 0 aliphatic rings. The first kappa shape index (κ1) is 19.6. The SMILES string of the molecule is CN(C)C(=O)COc1ccc(NC(=O)CCOc2cccc(Cl)c2)cc1. The predicted molar refractivity (Wildman–Crippen MR) is 101 cm³/mol. The van der Waals surface area contributed by atoms with E-state index < -0.39 is 0 Å². The summed E-state index contributed by atoms with van der Waals surface area (Å²) in [6, 6.07) is 13.8. The second kappa shape index (κ2) is 9.68. The first-order valence-electron chi connectivity index (χ1n) is 8.05. The van der Waals surface area contributed by atoms with E-state index in [9.17, 15) is 9.59 Å². The fourth-order valence-electron chi connectivity index (χ4n) is 1.95.